The van der Waals surface area contributed by atoms with Crippen LogP contribution in [0.25, 0.3) is 0 Å². The molecule has 0 heterocycles. The summed E-state index contributed by atoms with van der Waals surface area (Å²) in [5, 5.41) is 0. The lowest BCUT2D eigenvalue weighted by molar-refractivity contribution is -0.115. The molecule has 2 aliphatic carbocycles. The van der Waals surface area contributed by atoms with E-state index in [4.69, 9.17) is 0 Å². The van der Waals surface area contributed by atoms with Gasteiger partial charge in [-0.3, -0.25) is 9.59 Å². The zero-order valence-corrected chi connectivity index (χ0v) is 12.7. The molecule has 0 aromatic heterocycles. The highest BCUT2D eigenvalue weighted by Gasteiger charge is 2.25. The summed E-state index contributed by atoms with van der Waals surface area (Å²) < 4.78 is 0. The number of carbonyl (C=O) groups excluding carboxylic acids is 2. The maximum absolute atomic E-state index is 12.7. The highest BCUT2D eigenvalue weighted by atomic mass is 16.1. The minimum absolute atomic E-state index is 0.0266. The van der Waals surface area contributed by atoms with Gasteiger partial charge in [-0.05, 0) is 62.6 Å². The Morgan fingerprint density at radius 2 is 1.67 bits per heavy atom. The van der Waals surface area contributed by atoms with Crippen LogP contribution in [0, 0.1) is 0 Å². The minimum atomic E-state index is -0.0655. The Kier molecular flexibility index (Phi) is 4.05. The summed E-state index contributed by atoms with van der Waals surface area (Å²) in [6.07, 6.45) is 8.15. The van der Waals surface area contributed by atoms with Gasteiger partial charge in [-0.15, -0.1) is 0 Å². The van der Waals surface area contributed by atoms with Crippen molar-refractivity contribution in [3.8, 4) is 0 Å². The molecule has 110 valence electrons. The van der Waals surface area contributed by atoms with E-state index in [2.05, 4.69) is 6.07 Å². The Balaban J connectivity index is 1.95. The number of rotatable bonds is 2. The first-order valence-electron chi connectivity index (χ1n) is 8.06. The van der Waals surface area contributed by atoms with Crippen LogP contribution >= 0.6 is 0 Å². The zero-order valence-electron chi connectivity index (χ0n) is 12.7. The van der Waals surface area contributed by atoms with E-state index in [0.29, 0.717) is 17.6 Å². The number of benzene rings is 1. The highest BCUT2D eigenvalue weighted by molar-refractivity contribution is 6.27. The van der Waals surface area contributed by atoms with E-state index >= 15 is 0 Å². The first-order chi connectivity index (χ1) is 10.2. The molecule has 2 heteroatoms. The number of Topliss-reactive ketones (excluding diaryl/α,β-unsaturated/α-hetero) is 2. The van der Waals surface area contributed by atoms with E-state index < -0.39 is 0 Å². The van der Waals surface area contributed by atoms with Crippen molar-refractivity contribution in [3.05, 3.63) is 46.0 Å². The van der Waals surface area contributed by atoms with Gasteiger partial charge in [-0.1, -0.05) is 24.1 Å². The van der Waals surface area contributed by atoms with Crippen LogP contribution < -0.4 is 0 Å². The first kappa shape index (κ1) is 14.2. The summed E-state index contributed by atoms with van der Waals surface area (Å²) in [5.41, 5.74) is 4.80. The summed E-state index contributed by atoms with van der Waals surface area (Å²) >= 11 is 0. The Bertz CT molecular complexity index is 622. The molecule has 0 amide bonds. The van der Waals surface area contributed by atoms with E-state index in [0.717, 1.165) is 31.3 Å². The van der Waals surface area contributed by atoms with Gasteiger partial charge in [0.15, 0.2) is 11.6 Å². The van der Waals surface area contributed by atoms with Gasteiger partial charge < -0.3 is 0 Å². The number of fused-ring (bicyclic) bond motifs is 1. The zero-order chi connectivity index (χ0) is 14.8. The normalized spacial score (nSPS) is 19.2. The smallest absolute Gasteiger partial charge is 0.196 e. The summed E-state index contributed by atoms with van der Waals surface area (Å²) in [7, 11) is 0. The van der Waals surface area contributed by atoms with Crippen LogP contribution in [-0.4, -0.2) is 11.6 Å². The van der Waals surface area contributed by atoms with E-state index in [-0.39, 0.29) is 11.6 Å². The van der Waals surface area contributed by atoms with Gasteiger partial charge in [0.1, 0.15) is 0 Å². The van der Waals surface area contributed by atoms with E-state index in [1.54, 1.807) is 0 Å². The van der Waals surface area contributed by atoms with E-state index in [1.807, 2.05) is 19.1 Å². The monoisotopic (exact) mass is 282 g/mol. The van der Waals surface area contributed by atoms with Crippen molar-refractivity contribution in [3.63, 3.8) is 0 Å². The van der Waals surface area contributed by atoms with Gasteiger partial charge >= 0.3 is 0 Å². The van der Waals surface area contributed by atoms with Gasteiger partial charge in [0.25, 0.3) is 0 Å². The van der Waals surface area contributed by atoms with E-state index in [9.17, 15) is 9.59 Å². The van der Waals surface area contributed by atoms with Crippen LogP contribution in [0.2, 0.25) is 0 Å². The average Bonchev–Trinajstić information content (AvgIpc) is 2.71. The summed E-state index contributed by atoms with van der Waals surface area (Å²) in [6, 6.07) is 6.04. The average molecular weight is 282 g/mol. The van der Waals surface area contributed by atoms with Crippen LogP contribution in [0.15, 0.2) is 29.3 Å². The Morgan fingerprint density at radius 3 is 2.43 bits per heavy atom. The topological polar surface area (TPSA) is 34.1 Å². The molecule has 2 nitrogen and oxygen atoms in total. The number of carbonyl (C=O) groups is 2. The molecule has 1 aromatic carbocycles. The molecular formula is C19H22O2. The van der Waals surface area contributed by atoms with Crippen LogP contribution in [0.3, 0.4) is 0 Å². The molecule has 2 aliphatic rings. The predicted molar refractivity (Wildman–Crippen MR) is 83.6 cm³/mol. The number of hydrogen-bond donors (Lipinski definition) is 0. The summed E-state index contributed by atoms with van der Waals surface area (Å²) in [4.78, 5) is 24.8. The first-order valence-corrected chi connectivity index (χ1v) is 8.06. The molecule has 0 saturated carbocycles. The largest absolute Gasteiger partial charge is 0.294 e. The third kappa shape index (κ3) is 2.85. The lowest BCUT2D eigenvalue weighted by atomic mass is 9.86. The third-order valence-corrected chi connectivity index (χ3v) is 4.75. The maximum atomic E-state index is 12.7. The third-order valence-electron chi connectivity index (χ3n) is 4.75. The standard InChI is InChI=1S/C19H22O2/c1-13-6-5-9-17(20)18(13)19(21)16-11-10-14-7-3-2-4-8-15(14)12-16/h10-12H,2-9H2,1H3. The number of ketones is 2. The molecule has 0 spiro atoms. The van der Waals surface area contributed by atoms with Gasteiger partial charge in [0, 0.05) is 12.0 Å². The molecule has 21 heavy (non-hydrogen) atoms. The van der Waals surface area contributed by atoms with Crippen molar-refractivity contribution < 1.29 is 9.59 Å². The lowest BCUT2D eigenvalue weighted by Gasteiger charge is -2.16. The number of aryl methyl sites for hydroxylation is 2. The second-order valence-electron chi connectivity index (χ2n) is 6.31. The second-order valence-corrected chi connectivity index (χ2v) is 6.31. The van der Waals surface area contributed by atoms with Crippen molar-refractivity contribution in [2.45, 2.75) is 58.3 Å². The van der Waals surface area contributed by atoms with Gasteiger partial charge in [-0.2, -0.15) is 0 Å². The molecule has 0 unspecified atom stereocenters. The maximum Gasteiger partial charge on any atom is 0.196 e. The predicted octanol–water partition coefficient (Wildman–Crippen LogP) is 4.21. The Labute approximate surface area is 126 Å². The molecule has 0 saturated heterocycles. The van der Waals surface area contributed by atoms with Crippen molar-refractivity contribution in [1.29, 1.82) is 0 Å². The lowest BCUT2D eigenvalue weighted by Crippen LogP contribution is -2.19. The quantitative estimate of drug-likeness (QED) is 0.462. The number of hydrogen-bond acceptors (Lipinski definition) is 2. The van der Waals surface area contributed by atoms with Crippen molar-refractivity contribution in [1.82, 2.24) is 0 Å². The fourth-order valence-electron chi connectivity index (χ4n) is 3.52. The number of allylic oxidation sites excluding steroid dienone is 2. The molecule has 0 fully saturated rings. The molecule has 3 rings (SSSR count). The van der Waals surface area contributed by atoms with E-state index in [1.165, 1.54) is 30.4 Å². The fraction of sp³-hybridized carbons (Fsp3) is 0.474. The molecule has 0 N–H and O–H groups in total. The molecule has 0 radical (unpaired) electrons. The van der Waals surface area contributed by atoms with Gasteiger partial charge in [0.05, 0.1) is 5.57 Å². The Hall–Kier alpha value is -1.70. The van der Waals surface area contributed by atoms with Crippen LogP contribution in [0.1, 0.15) is 66.9 Å². The van der Waals surface area contributed by atoms with Gasteiger partial charge in [-0.25, -0.2) is 0 Å². The van der Waals surface area contributed by atoms with Crippen molar-refractivity contribution in [2.75, 3.05) is 0 Å². The molecule has 0 atom stereocenters. The minimum Gasteiger partial charge on any atom is -0.294 e. The molecule has 1 aromatic rings. The van der Waals surface area contributed by atoms with Crippen molar-refractivity contribution in [2.24, 2.45) is 0 Å². The van der Waals surface area contributed by atoms with Crippen LogP contribution in [-0.2, 0) is 17.6 Å². The van der Waals surface area contributed by atoms with Crippen molar-refractivity contribution >= 4 is 11.6 Å². The molecule has 0 bridgehead atoms. The SMILES string of the molecule is CC1=C(C(=O)c2ccc3c(c2)CCCCC3)C(=O)CCC1. The molecule has 0 aliphatic heterocycles. The highest BCUT2D eigenvalue weighted by Crippen LogP contribution is 2.27. The molecular weight excluding hydrogens is 260 g/mol. The second kappa shape index (κ2) is 5.97. The van der Waals surface area contributed by atoms with Crippen LogP contribution in [0.5, 0.6) is 0 Å². The Morgan fingerprint density at radius 1 is 0.905 bits per heavy atom. The van der Waals surface area contributed by atoms with Crippen LogP contribution in [0.4, 0.5) is 0 Å². The van der Waals surface area contributed by atoms with Gasteiger partial charge in [0.2, 0.25) is 0 Å². The fourth-order valence-corrected chi connectivity index (χ4v) is 3.52. The summed E-state index contributed by atoms with van der Waals surface area (Å²) in [6.45, 7) is 1.92. The summed E-state index contributed by atoms with van der Waals surface area (Å²) in [5.74, 6) is -0.0389.